The first-order valence-electron chi connectivity index (χ1n) is 6.09. The smallest absolute Gasteiger partial charge is 0.305 e. The molecule has 1 aliphatic heterocycles. The Kier molecular flexibility index (Phi) is 3.93. The van der Waals surface area contributed by atoms with E-state index in [1.165, 1.54) is 4.90 Å². The maximum absolute atomic E-state index is 13.9. The van der Waals surface area contributed by atoms with Crippen molar-refractivity contribution < 1.29 is 18.5 Å². The van der Waals surface area contributed by atoms with Gasteiger partial charge in [-0.05, 0) is 18.9 Å². The summed E-state index contributed by atoms with van der Waals surface area (Å²) in [6.45, 7) is 0.559. The number of nitrogens with zero attached hydrogens (tertiary/aromatic N) is 2. The van der Waals surface area contributed by atoms with Crippen LogP contribution in [0.15, 0.2) is 12.1 Å². The van der Waals surface area contributed by atoms with Gasteiger partial charge in [-0.1, -0.05) is 0 Å². The molecule has 108 valence electrons. The zero-order chi connectivity index (χ0) is 14.9. The second kappa shape index (κ2) is 5.49. The van der Waals surface area contributed by atoms with Crippen LogP contribution >= 0.6 is 0 Å². The van der Waals surface area contributed by atoms with Crippen molar-refractivity contribution in [3.8, 4) is 0 Å². The highest BCUT2D eigenvalue weighted by Gasteiger charge is 2.30. The minimum absolute atomic E-state index is 0.0427. The minimum atomic E-state index is -1.44. The van der Waals surface area contributed by atoms with Gasteiger partial charge in [0.05, 0.1) is 4.92 Å². The van der Waals surface area contributed by atoms with E-state index in [1.54, 1.807) is 0 Å². The molecule has 2 rings (SSSR count). The highest BCUT2D eigenvalue weighted by Crippen LogP contribution is 2.25. The van der Waals surface area contributed by atoms with Gasteiger partial charge in [0.25, 0.3) is 5.91 Å². The number of rotatable bonds is 2. The number of nitro groups is 1. The zero-order valence-corrected chi connectivity index (χ0v) is 10.5. The Morgan fingerprint density at radius 3 is 2.50 bits per heavy atom. The number of halogens is 2. The molecule has 1 amide bonds. The molecule has 0 saturated carbocycles. The van der Waals surface area contributed by atoms with Crippen molar-refractivity contribution in [2.24, 2.45) is 5.73 Å². The van der Waals surface area contributed by atoms with Gasteiger partial charge in [-0.3, -0.25) is 14.9 Å². The first kappa shape index (κ1) is 14.3. The molecule has 1 saturated heterocycles. The summed E-state index contributed by atoms with van der Waals surface area (Å²) in [6, 6.07) is 1.39. The maximum Gasteiger partial charge on any atom is 0.305 e. The number of piperidine rings is 1. The van der Waals surface area contributed by atoms with Crippen LogP contribution in [0.25, 0.3) is 0 Å². The summed E-state index contributed by atoms with van der Waals surface area (Å²) in [7, 11) is 0. The summed E-state index contributed by atoms with van der Waals surface area (Å²) in [5.74, 6) is -3.42. The van der Waals surface area contributed by atoms with Crippen molar-refractivity contribution in [1.29, 1.82) is 0 Å². The van der Waals surface area contributed by atoms with Gasteiger partial charge in [0, 0.05) is 25.2 Å². The van der Waals surface area contributed by atoms with Crippen LogP contribution in [0.2, 0.25) is 0 Å². The van der Waals surface area contributed by atoms with E-state index in [1.807, 2.05) is 0 Å². The fraction of sp³-hybridized carbons (Fsp3) is 0.417. The van der Waals surface area contributed by atoms with Gasteiger partial charge in [-0.25, -0.2) is 4.39 Å². The van der Waals surface area contributed by atoms with E-state index in [-0.39, 0.29) is 19.1 Å². The van der Waals surface area contributed by atoms with Crippen molar-refractivity contribution in [3.63, 3.8) is 0 Å². The molecule has 0 atom stereocenters. The molecule has 0 aliphatic carbocycles. The Hall–Kier alpha value is -2.09. The van der Waals surface area contributed by atoms with E-state index in [4.69, 9.17) is 5.73 Å². The average molecular weight is 285 g/mol. The van der Waals surface area contributed by atoms with Crippen LogP contribution in [0.3, 0.4) is 0 Å². The number of likely N-dealkylation sites (tertiary alicyclic amines) is 1. The highest BCUT2D eigenvalue weighted by atomic mass is 19.1. The fourth-order valence-corrected chi connectivity index (χ4v) is 2.14. The number of carbonyl (C=O) groups is 1. The second-order valence-corrected chi connectivity index (χ2v) is 4.64. The average Bonchev–Trinajstić information content (AvgIpc) is 2.38. The topological polar surface area (TPSA) is 89.5 Å². The molecule has 8 heteroatoms. The summed E-state index contributed by atoms with van der Waals surface area (Å²) >= 11 is 0. The molecule has 2 N–H and O–H groups in total. The third kappa shape index (κ3) is 2.60. The molecule has 0 bridgehead atoms. The Morgan fingerprint density at radius 1 is 1.35 bits per heavy atom. The second-order valence-electron chi connectivity index (χ2n) is 4.64. The number of hydrogen-bond donors (Lipinski definition) is 1. The molecule has 1 heterocycles. The molecule has 1 fully saturated rings. The Morgan fingerprint density at radius 2 is 1.95 bits per heavy atom. The predicted octanol–water partition coefficient (Wildman–Crippen LogP) is 1.44. The molecule has 0 aromatic heterocycles. The third-order valence-electron chi connectivity index (χ3n) is 3.31. The highest BCUT2D eigenvalue weighted by molar-refractivity contribution is 5.95. The summed E-state index contributed by atoms with van der Waals surface area (Å²) in [5.41, 5.74) is 3.89. The van der Waals surface area contributed by atoms with E-state index in [2.05, 4.69) is 0 Å². The predicted molar refractivity (Wildman–Crippen MR) is 66.1 cm³/mol. The van der Waals surface area contributed by atoms with Crippen LogP contribution in [-0.2, 0) is 0 Å². The third-order valence-corrected chi connectivity index (χ3v) is 3.31. The number of benzene rings is 1. The Labute approximate surface area is 113 Å². The lowest BCUT2D eigenvalue weighted by Crippen LogP contribution is -2.43. The fourth-order valence-electron chi connectivity index (χ4n) is 2.14. The van der Waals surface area contributed by atoms with E-state index >= 15 is 0 Å². The summed E-state index contributed by atoms with van der Waals surface area (Å²) in [4.78, 5) is 23.0. The molecule has 1 aliphatic rings. The van der Waals surface area contributed by atoms with Crippen LogP contribution in [0.1, 0.15) is 23.2 Å². The number of carbonyl (C=O) groups excluding carboxylic acids is 1. The SMILES string of the molecule is NC1CCN(C(=O)c2c(F)ccc([N+](=O)[O-])c2F)CC1. The van der Waals surface area contributed by atoms with E-state index in [9.17, 15) is 23.7 Å². The molecule has 6 nitrogen and oxygen atoms in total. The minimum Gasteiger partial charge on any atom is -0.338 e. The summed E-state index contributed by atoms with van der Waals surface area (Å²) in [6.07, 6.45) is 1.06. The van der Waals surface area contributed by atoms with Gasteiger partial charge in [0.2, 0.25) is 5.82 Å². The van der Waals surface area contributed by atoms with Crippen LogP contribution in [0, 0.1) is 21.7 Å². The van der Waals surface area contributed by atoms with Gasteiger partial charge in [0.1, 0.15) is 11.4 Å². The van der Waals surface area contributed by atoms with Gasteiger partial charge < -0.3 is 10.6 Å². The molecular weight excluding hydrogens is 272 g/mol. The number of nitrogens with two attached hydrogens (primary N) is 1. The van der Waals surface area contributed by atoms with E-state index in [0.29, 0.717) is 18.9 Å². The first-order chi connectivity index (χ1) is 9.41. The Bertz CT molecular complexity index is 557. The van der Waals surface area contributed by atoms with Gasteiger partial charge >= 0.3 is 5.69 Å². The number of nitro benzene ring substituents is 1. The first-order valence-corrected chi connectivity index (χ1v) is 6.09. The van der Waals surface area contributed by atoms with Crippen LogP contribution in [0.4, 0.5) is 14.5 Å². The van der Waals surface area contributed by atoms with Crippen LogP contribution in [-0.4, -0.2) is 34.9 Å². The summed E-state index contributed by atoms with van der Waals surface area (Å²) < 4.78 is 27.6. The molecular formula is C12H13F2N3O3. The standard InChI is InChI=1S/C12H13F2N3O3/c13-8-1-2-9(17(19)20)11(14)10(8)12(18)16-5-3-7(15)4-6-16/h1-2,7H,3-6,15H2. The molecule has 1 aromatic carbocycles. The molecule has 1 aromatic rings. The lowest BCUT2D eigenvalue weighted by molar-refractivity contribution is -0.387. The Balaban J connectivity index is 2.34. The van der Waals surface area contributed by atoms with Crippen molar-refractivity contribution in [3.05, 3.63) is 39.4 Å². The van der Waals surface area contributed by atoms with Crippen molar-refractivity contribution in [2.45, 2.75) is 18.9 Å². The van der Waals surface area contributed by atoms with Gasteiger partial charge in [0.15, 0.2) is 0 Å². The largest absolute Gasteiger partial charge is 0.338 e. The van der Waals surface area contributed by atoms with Gasteiger partial charge in [-0.15, -0.1) is 0 Å². The lowest BCUT2D eigenvalue weighted by atomic mass is 10.0. The van der Waals surface area contributed by atoms with Crippen molar-refractivity contribution in [1.82, 2.24) is 4.90 Å². The van der Waals surface area contributed by atoms with Crippen LogP contribution in [0.5, 0.6) is 0 Å². The van der Waals surface area contributed by atoms with E-state index in [0.717, 1.165) is 6.07 Å². The maximum atomic E-state index is 13.9. The summed E-state index contributed by atoms with van der Waals surface area (Å²) in [5, 5.41) is 10.6. The molecule has 0 radical (unpaired) electrons. The number of hydrogen-bond acceptors (Lipinski definition) is 4. The van der Waals surface area contributed by atoms with Crippen molar-refractivity contribution >= 4 is 11.6 Å². The van der Waals surface area contributed by atoms with Crippen LogP contribution < -0.4 is 5.73 Å². The normalized spacial score (nSPS) is 16.2. The van der Waals surface area contributed by atoms with Crippen molar-refractivity contribution in [2.75, 3.05) is 13.1 Å². The molecule has 0 unspecified atom stereocenters. The lowest BCUT2D eigenvalue weighted by Gasteiger charge is -2.30. The van der Waals surface area contributed by atoms with Gasteiger partial charge in [-0.2, -0.15) is 4.39 Å². The zero-order valence-electron chi connectivity index (χ0n) is 10.5. The molecule has 20 heavy (non-hydrogen) atoms. The monoisotopic (exact) mass is 285 g/mol. The van der Waals surface area contributed by atoms with E-state index < -0.39 is 33.7 Å². The number of amides is 1. The molecule has 0 spiro atoms. The quantitative estimate of drug-likeness (QED) is 0.657.